The molecule has 3 aromatic carbocycles. The number of carbonyl (C=O) groups excluding carboxylic acids is 2. The molecular weight excluding hydrogens is 436 g/mol. The second kappa shape index (κ2) is 8.65. The van der Waals surface area contributed by atoms with Gasteiger partial charge in [0.15, 0.2) is 0 Å². The van der Waals surface area contributed by atoms with E-state index in [1.807, 2.05) is 61.2 Å². The summed E-state index contributed by atoms with van der Waals surface area (Å²) < 4.78 is 5.81. The van der Waals surface area contributed by atoms with Gasteiger partial charge in [0.2, 0.25) is 0 Å². The summed E-state index contributed by atoms with van der Waals surface area (Å²) in [6.07, 6.45) is 0.878. The van der Waals surface area contributed by atoms with Crippen molar-refractivity contribution >= 4 is 34.8 Å². The maximum Gasteiger partial charge on any atom is 0.258 e. The molecule has 0 spiro atoms. The number of fused-ring (bicyclic) bond motifs is 3. The van der Waals surface area contributed by atoms with Crippen LogP contribution in [-0.4, -0.2) is 25.0 Å². The van der Waals surface area contributed by atoms with E-state index >= 15 is 0 Å². The van der Waals surface area contributed by atoms with E-state index in [2.05, 4.69) is 5.32 Å². The van der Waals surface area contributed by atoms with Crippen molar-refractivity contribution in [1.29, 1.82) is 0 Å². The number of benzene rings is 3. The fourth-order valence-electron chi connectivity index (χ4n) is 4.69. The highest BCUT2D eigenvalue weighted by Gasteiger charge is 2.39. The van der Waals surface area contributed by atoms with Gasteiger partial charge in [0, 0.05) is 45.6 Å². The molecule has 0 aliphatic carbocycles. The highest BCUT2D eigenvalue weighted by atomic mass is 35.5. The van der Waals surface area contributed by atoms with Gasteiger partial charge in [-0.05, 0) is 73.9 Å². The van der Waals surface area contributed by atoms with Gasteiger partial charge in [-0.2, -0.15) is 0 Å². The van der Waals surface area contributed by atoms with Gasteiger partial charge in [0.25, 0.3) is 11.8 Å². The van der Waals surface area contributed by atoms with Crippen LogP contribution in [0.25, 0.3) is 0 Å². The Morgan fingerprint density at radius 1 is 1.00 bits per heavy atom. The first-order valence-corrected chi connectivity index (χ1v) is 11.5. The van der Waals surface area contributed by atoms with E-state index in [-0.39, 0.29) is 17.9 Å². The summed E-state index contributed by atoms with van der Waals surface area (Å²) >= 11 is 6.26. The van der Waals surface area contributed by atoms with Crippen molar-refractivity contribution < 1.29 is 14.3 Å². The molecule has 0 unspecified atom stereocenters. The van der Waals surface area contributed by atoms with Crippen LogP contribution < -0.4 is 10.2 Å². The second-order valence-corrected chi connectivity index (χ2v) is 9.20. The van der Waals surface area contributed by atoms with Crippen molar-refractivity contribution in [2.24, 2.45) is 5.92 Å². The Morgan fingerprint density at radius 3 is 2.55 bits per heavy atom. The molecule has 2 aliphatic rings. The molecular formula is C27H25ClN2O3. The van der Waals surface area contributed by atoms with Crippen molar-refractivity contribution in [3.05, 3.63) is 93.5 Å². The van der Waals surface area contributed by atoms with E-state index in [9.17, 15) is 9.59 Å². The molecule has 0 bridgehead atoms. The highest BCUT2D eigenvalue weighted by Crippen LogP contribution is 2.45. The lowest BCUT2D eigenvalue weighted by Gasteiger charge is -2.36. The zero-order chi connectivity index (χ0) is 23.1. The van der Waals surface area contributed by atoms with Crippen LogP contribution in [-0.2, 0) is 4.74 Å². The fraction of sp³-hybridized carbons (Fsp3) is 0.259. The van der Waals surface area contributed by atoms with Gasteiger partial charge in [0.05, 0.1) is 12.7 Å². The lowest BCUT2D eigenvalue weighted by Crippen LogP contribution is -2.34. The summed E-state index contributed by atoms with van der Waals surface area (Å²) in [5.41, 5.74) is 5.45. The van der Waals surface area contributed by atoms with E-state index in [0.717, 1.165) is 28.8 Å². The van der Waals surface area contributed by atoms with Crippen molar-refractivity contribution in [2.75, 3.05) is 23.4 Å². The molecule has 1 N–H and O–H groups in total. The largest absolute Gasteiger partial charge is 0.373 e. The van der Waals surface area contributed by atoms with E-state index in [0.29, 0.717) is 40.9 Å². The van der Waals surface area contributed by atoms with Gasteiger partial charge < -0.3 is 15.0 Å². The Kier molecular flexibility index (Phi) is 5.69. The van der Waals surface area contributed by atoms with Crippen LogP contribution >= 0.6 is 11.6 Å². The average Bonchev–Trinajstić information content (AvgIpc) is 2.86. The number of halogens is 1. The minimum absolute atomic E-state index is 0.00312. The Morgan fingerprint density at radius 2 is 1.82 bits per heavy atom. The first kappa shape index (κ1) is 21.7. The molecule has 1 saturated heterocycles. The van der Waals surface area contributed by atoms with Crippen molar-refractivity contribution in [3.8, 4) is 0 Å². The predicted octanol–water partition coefficient (Wildman–Crippen LogP) is 5.95. The number of aryl methyl sites for hydroxylation is 2. The lowest BCUT2D eigenvalue weighted by molar-refractivity contribution is -0.117. The first-order chi connectivity index (χ1) is 15.9. The SMILES string of the molecule is Cc1ccccc1C(=O)Nc1ccc(C(=O)N2CC[C@H]3CO[C@@H]3c3cc(Cl)ccc32)c(C)c1. The maximum atomic E-state index is 13.6. The predicted molar refractivity (Wildman–Crippen MR) is 130 cm³/mol. The van der Waals surface area contributed by atoms with Crippen molar-refractivity contribution in [3.63, 3.8) is 0 Å². The van der Waals surface area contributed by atoms with Gasteiger partial charge in [-0.3, -0.25) is 9.59 Å². The summed E-state index contributed by atoms with van der Waals surface area (Å²) in [6, 6.07) is 18.5. The standard InChI is InChI=1S/C27H25ClN2O3/c1-16-5-3-4-6-21(16)26(31)29-20-8-9-22(17(2)13-20)27(32)30-12-11-18-15-33-25(18)23-14-19(28)7-10-24(23)30/h3-10,13-14,18,25H,11-12,15H2,1-2H3,(H,29,31)/t18-,25-/m0/s1. The molecule has 33 heavy (non-hydrogen) atoms. The normalized spacial score (nSPS) is 19.1. The summed E-state index contributed by atoms with van der Waals surface area (Å²) in [6.45, 7) is 5.14. The minimum Gasteiger partial charge on any atom is -0.373 e. The van der Waals surface area contributed by atoms with E-state index in [4.69, 9.17) is 16.3 Å². The summed E-state index contributed by atoms with van der Waals surface area (Å²) in [5.74, 6) is 0.176. The number of anilines is 2. The monoisotopic (exact) mass is 460 g/mol. The van der Waals surface area contributed by atoms with Crippen LogP contribution in [0.3, 0.4) is 0 Å². The first-order valence-electron chi connectivity index (χ1n) is 11.1. The van der Waals surface area contributed by atoms with Gasteiger partial charge >= 0.3 is 0 Å². The molecule has 2 heterocycles. The van der Waals surface area contributed by atoms with Crippen molar-refractivity contribution in [2.45, 2.75) is 26.4 Å². The van der Waals surface area contributed by atoms with Crippen LogP contribution in [0.1, 0.15) is 49.9 Å². The molecule has 0 aromatic heterocycles. The molecule has 0 radical (unpaired) electrons. The number of rotatable bonds is 3. The fourth-order valence-corrected chi connectivity index (χ4v) is 4.87. The van der Waals surface area contributed by atoms with E-state index < -0.39 is 0 Å². The number of amides is 2. The van der Waals surface area contributed by atoms with Crippen LogP contribution in [0.4, 0.5) is 11.4 Å². The molecule has 3 aromatic rings. The minimum atomic E-state index is -0.166. The third-order valence-electron chi connectivity index (χ3n) is 6.58. The Balaban J connectivity index is 1.41. The topological polar surface area (TPSA) is 58.6 Å². The van der Waals surface area contributed by atoms with Crippen LogP contribution in [0.5, 0.6) is 0 Å². The number of nitrogens with one attached hydrogen (secondary N) is 1. The summed E-state index contributed by atoms with van der Waals surface area (Å²) in [4.78, 5) is 28.1. The van der Waals surface area contributed by atoms with Crippen LogP contribution in [0.2, 0.25) is 5.02 Å². The average molecular weight is 461 g/mol. The highest BCUT2D eigenvalue weighted by molar-refractivity contribution is 6.30. The quantitative estimate of drug-likeness (QED) is 0.525. The maximum absolute atomic E-state index is 13.6. The molecule has 1 fully saturated rings. The zero-order valence-electron chi connectivity index (χ0n) is 18.6. The van der Waals surface area contributed by atoms with Gasteiger partial charge in [-0.25, -0.2) is 0 Å². The Labute approximate surface area is 198 Å². The third-order valence-corrected chi connectivity index (χ3v) is 6.81. The van der Waals surface area contributed by atoms with E-state index in [1.54, 1.807) is 18.2 Å². The van der Waals surface area contributed by atoms with Gasteiger partial charge in [-0.1, -0.05) is 29.8 Å². The Hall–Kier alpha value is -3.15. The lowest BCUT2D eigenvalue weighted by atomic mass is 9.89. The number of hydrogen-bond acceptors (Lipinski definition) is 3. The zero-order valence-corrected chi connectivity index (χ0v) is 19.4. The number of carbonyl (C=O) groups is 2. The molecule has 2 aliphatic heterocycles. The molecule has 5 rings (SSSR count). The third kappa shape index (κ3) is 4.03. The van der Waals surface area contributed by atoms with Crippen LogP contribution in [0, 0.1) is 19.8 Å². The number of hydrogen-bond donors (Lipinski definition) is 1. The molecule has 5 nitrogen and oxygen atoms in total. The summed E-state index contributed by atoms with van der Waals surface area (Å²) in [7, 11) is 0. The van der Waals surface area contributed by atoms with Crippen molar-refractivity contribution in [1.82, 2.24) is 0 Å². The van der Waals surface area contributed by atoms with Gasteiger partial charge in [0.1, 0.15) is 0 Å². The van der Waals surface area contributed by atoms with Gasteiger partial charge in [-0.15, -0.1) is 0 Å². The molecule has 0 saturated carbocycles. The number of nitrogens with zero attached hydrogens (tertiary/aromatic N) is 1. The Bertz CT molecular complexity index is 1260. The molecule has 2 atom stereocenters. The van der Waals surface area contributed by atoms with Crippen LogP contribution in [0.15, 0.2) is 60.7 Å². The molecule has 168 valence electrons. The second-order valence-electron chi connectivity index (χ2n) is 8.76. The molecule has 6 heteroatoms. The molecule has 2 amide bonds. The number of ether oxygens (including phenoxy) is 1. The summed E-state index contributed by atoms with van der Waals surface area (Å²) in [5, 5.41) is 3.58. The van der Waals surface area contributed by atoms with E-state index in [1.165, 1.54) is 0 Å². The smallest absolute Gasteiger partial charge is 0.258 e.